The molecule has 0 atom stereocenters. The smallest absolute Gasteiger partial charge is 0.294 e. The Hall–Kier alpha value is -1.21. The third-order valence-electron chi connectivity index (χ3n) is 1.79. The fourth-order valence-corrected chi connectivity index (χ4v) is 1.42. The molecule has 1 rings (SSSR count). The molecule has 0 amide bonds. The highest BCUT2D eigenvalue weighted by Gasteiger charge is 2.06. The van der Waals surface area contributed by atoms with E-state index in [1.165, 1.54) is 12.1 Å². The monoisotopic (exact) mass is 274 g/mol. The maximum absolute atomic E-state index is 10.5. The Balaban J connectivity index is 0.000000360. The topological polar surface area (TPSA) is 83.8 Å². The molecule has 0 bridgehead atoms. The second kappa shape index (κ2) is 8.82. The van der Waals surface area contributed by atoms with Crippen LogP contribution in [0.4, 0.5) is 0 Å². The molecule has 2 N–H and O–H groups in total. The first kappa shape index (κ1) is 16.8. The SMILES string of the molecule is C=CCOCCO.Cc1ccc(S(=O)(=O)O)cc1. The minimum atomic E-state index is -4.02. The molecule has 102 valence electrons. The lowest BCUT2D eigenvalue weighted by Gasteiger charge is -1.95. The third-order valence-corrected chi connectivity index (χ3v) is 2.66. The van der Waals surface area contributed by atoms with E-state index in [9.17, 15) is 8.42 Å². The number of benzene rings is 1. The summed E-state index contributed by atoms with van der Waals surface area (Å²) >= 11 is 0. The van der Waals surface area contributed by atoms with E-state index < -0.39 is 10.1 Å². The second-order valence-electron chi connectivity index (χ2n) is 3.38. The standard InChI is InChI=1S/C7H8O3S.C5H10O2/c1-6-2-4-7(5-3-6)11(8,9)10;1-2-4-7-5-3-6/h2-5H,1H3,(H,8,9,10);2,6H,1,3-5H2. The molecule has 0 fully saturated rings. The van der Waals surface area contributed by atoms with Crippen LogP contribution in [-0.2, 0) is 14.9 Å². The van der Waals surface area contributed by atoms with Crippen LogP contribution in [0, 0.1) is 6.92 Å². The summed E-state index contributed by atoms with van der Waals surface area (Å²) in [5.74, 6) is 0. The van der Waals surface area contributed by atoms with E-state index in [0.717, 1.165) is 5.56 Å². The van der Waals surface area contributed by atoms with Crippen LogP contribution >= 0.6 is 0 Å². The summed E-state index contributed by atoms with van der Waals surface area (Å²) in [7, 11) is -4.02. The molecule has 0 saturated carbocycles. The molecule has 1 aromatic carbocycles. The Morgan fingerprint density at radius 2 is 1.89 bits per heavy atom. The van der Waals surface area contributed by atoms with Gasteiger partial charge in [-0.2, -0.15) is 8.42 Å². The molecule has 0 saturated heterocycles. The lowest BCUT2D eigenvalue weighted by Crippen LogP contribution is -1.97. The maximum atomic E-state index is 10.5. The summed E-state index contributed by atoms with van der Waals surface area (Å²) in [5.41, 5.74) is 0.956. The van der Waals surface area contributed by atoms with Crippen molar-refractivity contribution in [2.75, 3.05) is 19.8 Å². The summed E-state index contributed by atoms with van der Waals surface area (Å²) in [5, 5.41) is 8.13. The Morgan fingerprint density at radius 1 is 1.33 bits per heavy atom. The van der Waals surface area contributed by atoms with E-state index >= 15 is 0 Å². The predicted molar refractivity (Wildman–Crippen MR) is 69.1 cm³/mol. The maximum Gasteiger partial charge on any atom is 0.294 e. The van der Waals surface area contributed by atoms with Gasteiger partial charge >= 0.3 is 0 Å². The first-order chi connectivity index (χ1) is 8.41. The van der Waals surface area contributed by atoms with Gasteiger partial charge in [-0.1, -0.05) is 23.8 Å². The molecule has 0 radical (unpaired) electrons. The average Bonchev–Trinajstić information content (AvgIpc) is 2.30. The fraction of sp³-hybridized carbons (Fsp3) is 0.333. The van der Waals surface area contributed by atoms with Gasteiger partial charge < -0.3 is 9.84 Å². The first-order valence-electron chi connectivity index (χ1n) is 5.25. The Bertz CT molecular complexity index is 436. The predicted octanol–water partition coefficient (Wildman–Crippen LogP) is 1.42. The molecular formula is C12H18O5S. The third kappa shape index (κ3) is 7.97. The zero-order chi connectivity index (χ0) is 14.0. The van der Waals surface area contributed by atoms with Gasteiger partial charge in [-0.15, -0.1) is 6.58 Å². The number of rotatable bonds is 5. The molecular weight excluding hydrogens is 256 g/mol. The Morgan fingerprint density at radius 3 is 2.28 bits per heavy atom. The van der Waals surface area contributed by atoms with E-state index in [0.29, 0.717) is 13.2 Å². The van der Waals surface area contributed by atoms with Crippen LogP contribution < -0.4 is 0 Å². The van der Waals surface area contributed by atoms with E-state index in [2.05, 4.69) is 6.58 Å². The van der Waals surface area contributed by atoms with Gasteiger partial charge in [0.25, 0.3) is 10.1 Å². The van der Waals surface area contributed by atoms with Gasteiger partial charge in [-0.25, -0.2) is 0 Å². The summed E-state index contributed by atoms with van der Waals surface area (Å²) in [6.07, 6.45) is 1.65. The van der Waals surface area contributed by atoms with Crippen molar-refractivity contribution in [3.05, 3.63) is 42.5 Å². The zero-order valence-corrected chi connectivity index (χ0v) is 11.1. The molecule has 0 heterocycles. The van der Waals surface area contributed by atoms with Gasteiger partial charge in [-0.05, 0) is 19.1 Å². The average molecular weight is 274 g/mol. The number of aliphatic hydroxyl groups excluding tert-OH is 1. The number of hydrogen-bond donors (Lipinski definition) is 2. The highest BCUT2D eigenvalue weighted by atomic mass is 32.2. The van der Waals surface area contributed by atoms with Gasteiger partial charge in [0.05, 0.1) is 24.7 Å². The van der Waals surface area contributed by atoms with Crippen LogP contribution in [0.25, 0.3) is 0 Å². The van der Waals surface area contributed by atoms with Crippen molar-refractivity contribution in [3.8, 4) is 0 Å². The van der Waals surface area contributed by atoms with Gasteiger partial charge in [0.15, 0.2) is 0 Å². The van der Waals surface area contributed by atoms with E-state index in [1.807, 2.05) is 6.92 Å². The van der Waals surface area contributed by atoms with E-state index in [-0.39, 0.29) is 11.5 Å². The van der Waals surface area contributed by atoms with Crippen LogP contribution in [0.3, 0.4) is 0 Å². The fourth-order valence-electron chi connectivity index (χ4n) is 0.941. The molecule has 0 aliphatic carbocycles. The summed E-state index contributed by atoms with van der Waals surface area (Å²) in [6.45, 7) is 6.30. The van der Waals surface area contributed by atoms with Gasteiger partial charge in [0.1, 0.15) is 0 Å². The summed E-state index contributed by atoms with van der Waals surface area (Å²) in [4.78, 5) is -0.0666. The van der Waals surface area contributed by atoms with Crippen LogP contribution in [-0.4, -0.2) is 37.9 Å². The van der Waals surface area contributed by atoms with Gasteiger partial charge in [0, 0.05) is 0 Å². The lowest BCUT2D eigenvalue weighted by atomic mass is 10.2. The molecule has 0 aliphatic rings. The molecule has 6 heteroatoms. The van der Waals surface area contributed by atoms with Crippen LogP contribution in [0.1, 0.15) is 5.56 Å². The van der Waals surface area contributed by atoms with Gasteiger partial charge in [0.2, 0.25) is 0 Å². The lowest BCUT2D eigenvalue weighted by molar-refractivity contribution is 0.112. The zero-order valence-electron chi connectivity index (χ0n) is 10.2. The largest absolute Gasteiger partial charge is 0.394 e. The Kier molecular flexibility index (Phi) is 8.23. The van der Waals surface area contributed by atoms with Crippen molar-refractivity contribution in [2.24, 2.45) is 0 Å². The van der Waals surface area contributed by atoms with Crippen LogP contribution in [0.2, 0.25) is 0 Å². The number of hydrogen-bond acceptors (Lipinski definition) is 4. The molecule has 5 nitrogen and oxygen atoms in total. The minimum absolute atomic E-state index is 0.0666. The van der Waals surface area contributed by atoms with Crippen LogP contribution in [0.15, 0.2) is 41.8 Å². The molecule has 18 heavy (non-hydrogen) atoms. The molecule has 0 spiro atoms. The Labute approximate surface area is 107 Å². The summed E-state index contributed by atoms with van der Waals surface area (Å²) in [6, 6.07) is 5.99. The molecule has 0 aromatic heterocycles. The van der Waals surface area contributed by atoms with Crippen molar-refractivity contribution in [1.29, 1.82) is 0 Å². The summed E-state index contributed by atoms with van der Waals surface area (Å²) < 4.78 is 34.3. The quantitative estimate of drug-likeness (QED) is 0.482. The number of aryl methyl sites for hydroxylation is 1. The molecule has 0 aliphatic heterocycles. The van der Waals surface area contributed by atoms with Crippen molar-refractivity contribution >= 4 is 10.1 Å². The number of ether oxygens (including phenoxy) is 1. The molecule has 0 unspecified atom stereocenters. The van der Waals surface area contributed by atoms with Crippen molar-refractivity contribution < 1.29 is 22.8 Å². The second-order valence-corrected chi connectivity index (χ2v) is 4.80. The van der Waals surface area contributed by atoms with Crippen molar-refractivity contribution in [1.82, 2.24) is 0 Å². The normalized spacial score (nSPS) is 10.4. The highest BCUT2D eigenvalue weighted by Crippen LogP contribution is 2.08. The highest BCUT2D eigenvalue weighted by molar-refractivity contribution is 7.85. The van der Waals surface area contributed by atoms with Crippen molar-refractivity contribution in [2.45, 2.75) is 11.8 Å². The van der Waals surface area contributed by atoms with Gasteiger partial charge in [-0.3, -0.25) is 4.55 Å². The number of aliphatic hydroxyl groups is 1. The van der Waals surface area contributed by atoms with E-state index in [1.54, 1.807) is 18.2 Å². The first-order valence-corrected chi connectivity index (χ1v) is 6.69. The van der Waals surface area contributed by atoms with E-state index in [4.69, 9.17) is 14.4 Å². The van der Waals surface area contributed by atoms with Crippen molar-refractivity contribution in [3.63, 3.8) is 0 Å². The van der Waals surface area contributed by atoms with Crippen LogP contribution in [0.5, 0.6) is 0 Å². The molecule has 1 aromatic rings. The minimum Gasteiger partial charge on any atom is -0.394 e.